The van der Waals surface area contributed by atoms with Crippen LogP contribution in [0.3, 0.4) is 0 Å². The highest BCUT2D eigenvalue weighted by Crippen LogP contribution is 2.56. The van der Waals surface area contributed by atoms with Gasteiger partial charge in [0.25, 0.3) is 0 Å². The Morgan fingerprint density at radius 2 is 2.03 bits per heavy atom. The molecule has 1 aromatic carbocycles. The quantitative estimate of drug-likeness (QED) is 0.710. The molecule has 4 atom stereocenters. The minimum Gasteiger partial charge on any atom is -0.298 e. The second kappa shape index (κ2) is 6.88. The van der Waals surface area contributed by atoms with Crippen LogP contribution in [0.5, 0.6) is 0 Å². The van der Waals surface area contributed by atoms with E-state index < -0.39 is 11.3 Å². The average molecular weight is 397 g/mol. The highest BCUT2D eigenvalue weighted by molar-refractivity contribution is 5.87. The van der Waals surface area contributed by atoms with Crippen molar-refractivity contribution < 1.29 is 4.79 Å². The van der Waals surface area contributed by atoms with E-state index in [9.17, 15) is 10.1 Å². The van der Waals surface area contributed by atoms with Crippen molar-refractivity contribution in [1.29, 1.82) is 5.26 Å². The van der Waals surface area contributed by atoms with E-state index in [1.54, 1.807) is 6.20 Å². The monoisotopic (exact) mass is 397 g/mol. The van der Waals surface area contributed by atoms with Crippen LogP contribution >= 0.6 is 0 Å². The smallest absolute Gasteiger partial charge is 0.153 e. The number of H-pyrrole nitrogens is 1. The van der Waals surface area contributed by atoms with Crippen molar-refractivity contribution in [3.05, 3.63) is 65.4 Å². The van der Waals surface area contributed by atoms with Gasteiger partial charge in [-0.05, 0) is 37.7 Å². The first kappa shape index (κ1) is 18.7. The number of aromatic amines is 1. The molecule has 1 fully saturated rings. The van der Waals surface area contributed by atoms with Crippen molar-refractivity contribution in [2.24, 2.45) is 17.8 Å². The third-order valence-electron chi connectivity index (χ3n) is 7.02. The molecule has 5 rings (SSSR count). The summed E-state index contributed by atoms with van der Waals surface area (Å²) in [4.78, 5) is 22.7. The van der Waals surface area contributed by atoms with Gasteiger partial charge in [-0.1, -0.05) is 37.3 Å². The summed E-state index contributed by atoms with van der Waals surface area (Å²) >= 11 is 0. The molecular weight excluding hydrogens is 374 g/mol. The molecule has 3 aromatic rings. The number of benzene rings is 1. The Bertz CT molecular complexity index is 1150. The van der Waals surface area contributed by atoms with Crippen LogP contribution < -0.4 is 0 Å². The van der Waals surface area contributed by atoms with Crippen LogP contribution in [0.15, 0.2) is 42.7 Å². The summed E-state index contributed by atoms with van der Waals surface area (Å²) in [6.07, 6.45) is 5.78. The third kappa shape index (κ3) is 2.55. The number of nitrogens with zero attached hydrogens (tertiary/aromatic N) is 4. The molecule has 6 nitrogen and oxygen atoms in total. The number of rotatable bonds is 2. The van der Waals surface area contributed by atoms with Crippen molar-refractivity contribution in [2.75, 3.05) is 0 Å². The second-order valence-electron chi connectivity index (χ2n) is 8.49. The van der Waals surface area contributed by atoms with E-state index in [2.05, 4.69) is 28.4 Å². The van der Waals surface area contributed by atoms with Crippen LogP contribution in [0.1, 0.15) is 42.4 Å². The van der Waals surface area contributed by atoms with E-state index in [0.29, 0.717) is 12.2 Å². The Balaban J connectivity index is 1.83. The number of fused-ring (bicyclic) bond motifs is 3. The molecule has 0 spiro atoms. The summed E-state index contributed by atoms with van der Waals surface area (Å²) in [5.41, 5.74) is 4.59. The number of nitriles is 1. The molecule has 2 aliphatic carbocycles. The van der Waals surface area contributed by atoms with Gasteiger partial charge in [-0.15, -0.1) is 0 Å². The Kier molecular flexibility index (Phi) is 4.28. The van der Waals surface area contributed by atoms with Gasteiger partial charge in [-0.25, -0.2) is 9.97 Å². The summed E-state index contributed by atoms with van der Waals surface area (Å²) in [5.74, 6) is 0.0489. The number of carbonyl (C=O) groups excluding carboxylic acids is 1. The Morgan fingerprint density at radius 1 is 1.23 bits per heavy atom. The van der Waals surface area contributed by atoms with E-state index in [0.717, 1.165) is 40.9 Å². The number of carbonyl (C=O) groups is 1. The van der Waals surface area contributed by atoms with Gasteiger partial charge in [0.1, 0.15) is 11.7 Å². The molecular formula is C24H23N5O. The average Bonchev–Trinajstić information content (AvgIpc) is 3.31. The van der Waals surface area contributed by atoms with Crippen LogP contribution in [0, 0.1) is 36.0 Å². The highest BCUT2D eigenvalue weighted by Gasteiger charge is 2.56. The van der Waals surface area contributed by atoms with Crippen molar-refractivity contribution in [3.63, 3.8) is 0 Å². The lowest BCUT2D eigenvalue weighted by molar-refractivity contribution is -0.131. The summed E-state index contributed by atoms with van der Waals surface area (Å²) in [6, 6.07) is 12.6. The summed E-state index contributed by atoms with van der Waals surface area (Å²) in [5, 5.41) is 16.8. The molecule has 1 saturated carbocycles. The minimum absolute atomic E-state index is 0.0679. The predicted molar refractivity (Wildman–Crippen MR) is 111 cm³/mol. The third-order valence-corrected chi connectivity index (χ3v) is 7.02. The van der Waals surface area contributed by atoms with E-state index in [1.165, 1.54) is 0 Å². The number of hydrogen-bond donors (Lipinski definition) is 1. The van der Waals surface area contributed by atoms with Crippen molar-refractivity contribution in [3.8, 4) is 17.3 Å². The molecule has 2 aromatic heterocycles. The zero-order chi connectivity index (χ0) is 20.9. The van der Waals surface area contributed by atoms with Crippen molar-refractivity contribution >= 4 is 5.78 Å². The second-order valence-corrected chi connectivity index (χ2v) is 8.49. The van der Waals surface area contributed by atoms with Crippen molar-refractivity contribution in [1.82, 2.24) is 20.2 Å². The van der Waals surface area contributed by atoms with Gasteiger partial charge in [-0.2, -0.15) is 10.4 Å². The number of hydrogen-bond acceptors (Lipinski definition) is 5. The zero-order valence-electron chi connectivity index (χ0n) is 17.1. The molecule has 1 unspecified atom stereocenters. The van der Waals surface area contributed by atoms with Crippen LogP contribution in [0.4, 0.5) is 0 Å². The molecule has 0 saturated heterocycles. The number of Topliss-reactive ketones (excluding diaryl/α,β-unsaturated/α-hetero) is 1. The van der Waals surface area contributed by atoms with Gasteiger partial charge in [0, 0.05) is 28.7 Å². The maximum absolute atomic E-state index is 12.9. The molecule has 2 heterocycles. The maximum Gasteiger partial charge on any atom is 0.153 e. The van der Waals surface area contributed by atoms with Gasteiger partial charge in [0.15, 0.2) is 5.78 Å². The van der Waals surface area contributed by atoms with E-state index in [4.69, 9.17) is 9.97 Å². The van der Waals surface area contributed by atoms with E-state index in [-0.39, 0.29) is 17.6 Å². The number of ketones is 1. The lowest BCUT2D eigenvalue weighted by Gasteiger charge is -2.51. The first-order valence-corrected chi connectivity index (χ1v) is 10.4. The Labute approximate surface area is 175 Å². The fourth-order valence-corrected chi connectivity index (χ4v) is 5.72. The van der Waals surface area contributed by atoms with Crippen molar-refractivity contribution in [2.45, 2.75) is 38.5 Å². The Hall–Kier alpha value is -3.33. The Morgan fingerprint density at radius 3 is 2.73 bits per heavy atom. The molecule has 0 bridgehead atoms. The van der Waals surface area contributed by atoms with Gasteiger partial charge in [0.2, 0.25) is 0 Å². The minimum atomic E-state index is -0.630. The van der Waals surface area contributed by atoms with Gasteiger partial charge in [-0.3, -0.25) is 9.89 Å². The normalized spacial score (nSPS) is 27.8. The summed E-state index contributed by atoms with van der Waals surface area (Å²) in [7, 11) is 0. The van der Waals surface area contributed by atoms with Gasteiger partial charge >= 0.3 is 0 Å². The van der Waals surface area contributed by atoms with E-state index in [1.807, 2.05) is 38.2 Å². The molecule has 1 N–H and O–H groups in total. The number of nitrogens with one attached hydrogen (secondary N) is 1. The summed E-state index contributed by atoms with van der Waals surface area (Å²) < 4.78 is 0. The topological polar surface area (TPSA) is 95.3 Å². The first-order valence-electron chi connectivity index (χ1n) is 10.4. The molecule has 0 aliphatic heterocycles. The van der Waals surface area contributed by atoms with Crippen LogP contribution in [-0.4, -0.2) is 25.9 Å². The molecule has 30 heavy (non-hydrogen) atoms. The lowest BCUT2D eigenvalue weighted by atomic mass is 9.51. The largest absolute Gasteiger partial charge is 0.298 e. The molecule has 2 aliphatic rings. The van der Waals surface area contributed by atoms with Crippen LogP contribution in [0.2, 0.25) is 0 Å². The zero-order valence-corrected chi connectivity index (χ0v) is 17.1. The molecule has 0 amide bonds. The van der Waals surface area contributed by atoms with Gasteiger partial charge in [0.05, 0.1) is 23.7 Å². The first-order chi connectivity index (χ1) is 14.6. The molecule has 6 heteroatoms. The summed E-state index contributed by atoms with van der Waals surface area (Å²) in [6.45, 7) is 3.90. The predicted octanol–water partition coefficient (Wildman–Crippen LogP) is 3.77. The fourth-order valence-electron chi connectivity index (χ4n) is 5.72. The van der Waals surface area contributed by atoms with Crippen LogP contribution in [-0.2, 0) is 16.6 Å². The standard InChI is InChI=1S/C24H23N5O/c1-14-20-9-8-19-21(17-12-26-27-13-17)28-15(2)29-23(19)24(20,10-16(11-25)22(14)30)18-6-4-3-5-7-18/h3-7,12-14,16,20H,8-10H2,1-2H3,(H,26,27)/t14-,16?,20-,24+/m0/s1. The lowest BCUT2D eigenvalue weighted by Crippen LogP contribution is -2.53. The SMILES string of the molecule is Cc1nc(-c2cn[nH]c2)c2c(n1)[C@@]1(c3ccccc3)CC(C#N)C(=O)[C@@H](C)[C@@H]1CC2. The fraction of sp³-hybridized carbons (Fsp3) is 0.375. The van der Waals surface area contributed by atoms with E-state index >= 15 is 0 Å². The van der Waals surface area contributed by atoms with Crippen LogP contribution in [0.25, 0.3) is 11.3 Å². The molecule has 0 radical (unpaired) electrons. The maximum atomic E-state index is 12.9. The molecule has 150 valence electrons. The number of aryl methyl sites for hydroxylation is 1. The number of aromatic nitrogens is 4. The van der Waals surface area contributed by atoms with Gasteiger partial charge < -0.3 is 0 Å². The highest BCUT2D eigenvalue weighted by atomic mass is 16.1.